The number of rotatable bonds is 5. The van der Waals surface area contributed by atoms with Crippen LogP contribution >= 0.6 is 23.1 Å². The number of carboxylic acids is 1. The van der Waals surface area contributed by atoms with Gasteiger partial charge in [-0.25, -0.2) is 9.37 Å². The van der Waals surface area contributed by atoms with Gasteiger partial charge in [0.15, 0.2) is 0 Å². The largest absolute Gasteiger partial charge is 0.481 e. The highest BCUT2D eigenvalue weighted by Gasteiger charge is 2.10. The Morgan fingerprint density at radius 1 is 1.58 bits per heavy atom. The van der Waals surface area contributed by atoms with E-state index in [0.29, 0.717) is 18.4 Å². The van der Waals surface area contributed by atoms with Gasteiger partial charge < -0.3 is 5.11 Å². The molecule has 0 radical (unpaired) electrons. The first-order chi connectivity index (χ1) is 9.10. The average molecular weight is 296 g/mol. The van der Waals surface area contributed by atoms with Crippen molar-refractivity contribution in [2.24, 2.45) is 0 Å². The SMILES string of the molecule is N#CSc1cc2sc(CCCC(=O)O)nc2cc1F. The summed E-state index contributed by atoms with van der Waals surface area (Å²) in [5.74, 6) is -1.29. The summed E-state index contributed by atoms with van der Waals surface area (Å²) in [6.07, 6.45) is 1.17. The minimum absolute atomic E-state index is 0.0970. The number of benzene rings is 1. The fraction of sp³-hybridized carbons (Fsp3) is 0.250. The molecule has 1 aromatic heterocycles. The number of thiazole rings is 1. The Morgan fingerprint density at radius 3 is 3.05 bits per heavy atom. The third-order valence-corrected chi connectivity index (χ3v) is 4.13. The number of aryl methyl sites for hydroxylation is 1. The van der Waals surface area contributed by atoms with Crippen LogP contribution in [0, 0.1) is 16.5 Å². The van der Waals surface area contributed by atoms with Gasteiger partial charge in [0.25, 0.3) is 0 Å². The lowest BCUT2D eigenvalue weighted by molar-refractivity contribution is -0.137. The van der Waals surface area contributed by atoms with E-state index in [1.807, 2.05) is 5.40 Å². The van der Waals surface area contributed by atoms with E-state index in [4.69, 9.17) is 10.4 Å². The molecule has 0 saturated carbocycles. The maximum Gasteiger partial charge on any atom is 0.303 e. The van der Waals surface area contributed by atoms with E-state index in [0.717, 1.165) is 21.5 Å². The summed E-state index contributed by atoms with van der Waals surface area (Å²) in [4.78, 5) is 15.0. The normalized spacial score (nSPS) is 10.5. The summed E-state index contributed by atoms with van der Waals surface area (Å²) < 4.78 is 14.4. The van der Waals surface area contributed by atoms with Crippen LogP contribution in [-0.2, 0) is 11.2 Å². The number of thiocyanates is 1. The number of carbonyl (C=O) groups is 1. The van der Waals surface area contributed by atoms with Crippen LogP contribution in [0.15, 0.2) is 17.0 Å². The van der Waals surface area contributed by atoms with Gasteiger partial charge in [0.2, 0.25) is 0 Å². The van der Waals surface area contributed by atoms with Crippen molar-refractivity contribution < 1.29 is 14.3 Å². The van der Waals surface area contributed by atoms with Crippen LogP contribution in [0.2, 0.25) is 0 Å². The lowest BCUT2D eigenvalue weighted by Gasteiger charge is -1.95. The second-order valence-electron chi connectivity index (χ2n) is 3.80. The number of aromatic nitrogens is 1. The van der Waals surface area contributed by atoms with Gasteiger partial charge in [-0.1, -0.05) is 0 Å². The predicted octanol–water partition coefficient (Wildman–Crippen LogP) is 3.42. The number of hydrogen-bond donors (Lipinski definition) is 1. The molecule has 0 saturated heterocycles. The molecule has 0 aliphatic rings. The molecule has 2 aromatic rings. The van der Waals surface area contributed by atoms with Crippen LogP contribution in [0.1, 0.15) is 17.8 Å². The molecule has 0 atom stereocenters. The Hall–Kier alpha value is -1.65. The number of thioether (sulfide) groups is 1. The molecule has 0 amide bonds. The van der Waals surface area contributed by atoms with Crippen molar-refractivity contribution in [2.75, 3.05) is 0 Å². The molecule has 0 spiro atoms. The summed E-state index contributed by atoms with van der Waals surface area (Å²) in [5.41, 5.74) is 0.551. The zero-order valence-corrected chi connectivity index (χ0v) is 11.4. The first-order valence-corrected chi connectivity index (χ1v) is 7.10. The monoisotopic (exact) mass is 296 g/mol. The fourth-order valence-electron chi connectivity index (χ4n) is 1.60. The zero-order valence-electron chi connectivity index (χ0n) is 9.72. The quantitative estimate of drug-likeness (QED) is 0.676. The van der Waals surface area contributed by atoms with Crippen molar-refractivity contribution in [1.29, 1.82) is 5.26 Å². The summed E-state index contributed by atoms with van der Waals surface area (Å²) in [7, 11) is 0. The average Bonchev–Trinajstić information content (AvgIpc) is 2.71. The first-order valence-electron chi connectivity index (χ1n) is 5.47. The van der Waals surface area contributed by atoms with Crippen molar-refractivity contribution in [2.45, 2.75) is 24.2 Å². The molecule has 7 heteroatoms. The third kappa shape index (κ3) is 3.43. The van der Waals surface area contributed by atoms with E-state index >= 15 is 0 Å². The highest BCUT2D eigenvalue weighted by Crippen LogP contribution is 2.30. The molecule has 0 aliphatic carbocycles. The molecule has 19 heavy (non-hydrogen) atoms. The molecule has 4 nitrogen and oxygen atoms in total. The Kier molecular flexibility index (Phi) is 4.35. The highest BCUT2D eigenvalue weighted by molar-refractivity contribution is 8.03. The molecule has 1 aromatic carbocycles. The molecular formula is C12H9FN2O2S2. The van der Waals surface area contributed by atoms with E-state index < -0.39 is 11.8 Å². The van der Waals surface area contributed by atoms with E-state index in [9.17, 15) is 9.18 Å². The summed E-state index contributed by atoms with van der Waals surface area (Å²) >= 11 is 2.18. The molecule has 1 heterocycles. The van der Waals surface area contributed by atoms with Crippen molar-refractivity contribution in [3.63, 3.8) is 0 Å². The van der Waals surface area contributed by atoms with Gasteiger partial charge in [0.05, 0.1) is 20.1 Å². The minimum atomic E-state index is -0.833. The van der Waals surface area contributed by atoms with Gasteiger partial charge in [-0.05, 0) is 30.7 Å². The highest BCUT2D eigenvalue weighted by atomic mass is 32.2. The van der Waals surface area contributed by atoms with Crippen LogP contribution < -0.4 is 0 Å². The Balaban J connectivity index is 2.20. The fourth-order valence-corrected chi connectivity index (χ4v) is 3.14. The van der Waals surface area contributed by atoms with Crippen LogP contribution in [0.25, 0.3) is 10.2 Å². The molecular weight excluding hydrogens is 287 g/mol. The Labute approximate surface area is 116 Å². The van der Waals surface area contributed by atoms with Crippen molar-refractivity contribution >= 4 is 39.3 Å². The third-order valence-electron chi connectivity index (χ3n) is 2.42. The van der Waals surface area contributed by atoms with Gasteiger partial charge in [0.1, 0.15) is 11.2 Å². The number of hydrogen-bond acceptors (Lipinski definition) is 5. The minimum Gasteiger partial charge on any atom is -0.481 e. The molecule has 1 N–H and O–H groups in total. The van der Waals surface area contributed by atoms with Crippen LogP contribution in [0.4, 0.5) is 4.39 Å². The van der Waals surface area contributed by atoms with E-state index in [-0.39, 0.29) is 11.3 Å². The Bertz CT molecular complexity index is 664. The van der Waals surface area contributed by atoms with Crippen LogP contribution in [-0.4, -0.2) is 16.1 Å². The number of carboxylic acid groups (broad SMARTS) is 1. The van der Waals surface area contributed by atoms with E-state index in [1.54, 1.807) is 6.07 Å². The topological polar surface area (TPSA) is 74.0 Å². The second kappa shape index (κ2) is 5.99. The molecule has 98 valence electrons. The lowest BCUT2D eigenvalue weighted by Crippen LogP contribution is -1.95. The smallest absolute Gasteiger partial charge is 0.303 e. The van der Waals surface area contributed by atoms with Gasteiger partial charge in [0, 0.05) is 12.5 Å². The molecule has 0 unspecified atom stereocenters. The van der Waals surface area contributed by atoms with Gasteiger partial charge in [-0.2, -0.15) is 5.26 Å². The van der Waals surface area contributed by atoms with Gasteiger partial charge >= 0.3 is 5.97 Å². The maximum absolute atomic E-state index is 13.6. The van der Waals surface area contributed by atoms with Crippen molar-refractivity contribution in [3.05, 3.63) is 23.0 Å². The second-order valence-corrected chi connectivity index (χ2v) is 5.74. The first kappa shape index (κ1) is 13.8. The number of halogens is 1. The molecule has 0 bridgehead atoms. The number of nitriles is 1. The summed E-state index contributed by atoms with van der Waals surface area (Å²) in [6.45, 7) is 0. The van der Waals surface area contributed by atoms with Gasteiger partial charge in [-0.15, -0.1) is 11.3 Å². The number of aliphatic carboxylic acids is 1. The van der Waals surface area contributed by atoms with Crippen LogP contribution in [0.5, 0.6) is 0 Å². The summed E-state index contributed by atoms with van der Waals surface area (Å²) in [5, 5.41) is 19.8. The van der Waals surface area contributed by atoms with Gasteiger partial charge in [-0.3, -0.25) is 4.79 Å². The lowest BCUT2D eigenvalue weighted by atomic mass is 10.2. The number of fused-ring (bicyclic) bond motifs is 1. The van der Waals surface area contributed by atoms with E-state index in [2.05, 4.69) is 4.98 Å². The molecule has 0 fully saturated rings. The molecule has 2 rings (SSSR count). The van der Waals surface area contributed by atoms with E-state index in [1.165, 1.54) is 17.4 Å². The number of nitrogens with zero attached hydrogens (tertiary/aromatic N) is 2. The zero-order chi connectivity index (χ0) is 13.8. The maximum atomic E-state index is 13.6. The summed E-state index contributed by atoms with van der Waals surface area (Å²) in [6, 6.07) is 2.92. The van der Waals surface area contributed by atoms with Crippen molar-refractivity contribution in [1.82, 2.24) is 4.98 Å². The van der Waals surface area contributed by atoms with Crippen molar-refractivity contribution in [3.8, 4) is 5.40 Å². The van der Waals surface area contributed by atoms with Crippen LogP contribution in [0.3, 0.4) is 0 Å². The predicted molar refractivity (Wildman–Crippen MR) is 71.6 cm³/mol. The standard InChI is InChI=1S/C12H9FN2O2S2/c13-7-4-8-10(5-9(7)18-6-14)19-11(15-8)2-1-3-12(16)17/h4-5H,1-3H2,(H,16,17). The molecule has 0 aliphatic heterocycles. The Morgan fingerprint density at radius 2 is 2.37 bits per heavy atom.